The maximum Gasteiger partial charge on any atom is 0.258 e. The second-order valence-electron chi connectivity index (χ2n) is 4.16. The molecule has 1 aromatic rings. The van der Waals surface area contributed by atoms with Gasteiger partial charge in [0.2, 0.25) is 0 Å². The van der Waals surface area contributed by atoms with Gasteiger partial charge in [-0.15, -0.1) is 0 Å². The highest BCUT2D eigenvalue weighted by molar-refractivity contribution is 5.77. The van der Waals surface area contributed by atoms with Crippen LogP contribution in [0, 0.1) is 5.82 Å². The number of hydrogen-bond donors (Lipinski definition) is 2. The summed E-state index contributed by atoms with van der Waals surface area (Å²) in [5.41, 5.74) is 0.691. The van der Waals surface area contributed by atoms with Crippen LogP contribution in [0.4, 0.5) is 4.39 Å². The van der Waals surface area contributed by atoms with Crippen molar-refractivity contribution in [2.45, 2.75) is 13.5 Å². The summed E-state index contributed by atoms with van der Waals surface area (Å²) in [5, 5.41) is 5.75. The summed E-state index contributed by atoms with van der Waals surface area (Å²) >= 11 is 0. The first-order valence-corrected chi connectivity index (χ1v) is 6.55. The zero-order chi connectivity index (χ0) is 14.8. The molecule has 0 aromatic heterocycles. The summed E-state index contributed by atoms with van der Waals surface area (Å²) < 4.78 is 23.5. The maximum atomic E-state index is 13.2. The Hall–Kier alpha value is -1.66. The van der Waals surface area contributed by atoms with Crippen LogP contribution < -0.4 is 15.4 Å². The van der Waals surface area contributed by atoms with Crippen molar-refractivity contribution in [3.63, 3.8) is 0 Å². The van der Waals surface area contributed by atoms with E-state index in [-0.39, 0.29) is 18.3 Å². The zero-order valence-electron chi connectivity index (χ0n) is 11.9. The molecule has 1 aromatic carbocycles. The van der Waals surface area contributed by atoms with Crippen molar-refractivity contribution < 1.29 is 18.7 Å². The molecule has 6 heteroatoms. The molecule has 0 unspecified atom stereocenters. The number of benzene rings is 1. The molecular weight excluding hydrogens is 263 g/mol. The highest BCUT2D eigenvalue weighted by Gasteiger charge is 2.08. The smallest absolute Gasteiger partial charge is 0.258 e. The van der Waals surface area contributed by atoms with E-state index >= 15 is 0 Å². The fourth-order valence-electron chi connectivity index (χ4n) is 1.57. The summed E-state index contributed by atoms with van der Waals surface area (Å²) in [7, 11) is 1.56. The quantitative estimate of drug-likeness (QED) is 0.666. The van der Waals surface area contributed by atoms with Gasteiger partial charge in [0.05, 0.1) is 6.61 Å². The predicted molar refractivity (Wildman–Crippen MR) is 74.2 cm³/mol. The first kappa shape index (κ1) is 16.4. The van der Waals surface area contributed by atoms with Crippen molar-refractivity contribution in [1.29, 1.82) is 0 Å². The lowest BCUT2D eigenvalue weighted by molar-refractivity contribution is -0.123. The molecule has 5 nitrogen and oxygen atoms in total. The van der Waals surface area contributed by atoms with Crippen LogP contribution in [-0.2, 0) is 16.1 Å². The van der Waals surface area contributed by atoms with Crippen molar-refractivity contribution in [2.24, 2.45) is 0 Å². The first-order valence-electron chi connectivity index (χ1n) is 6.55. The molecule has 0 saturated carbocycles. The Morgan fingerprint density at radius 1 is 1.40 bits per heavy atom. The number of nitrogens with one attached hydrogen (secondary N) is 2. The zero-order valence-corrected chi connectivity index (χ0v) is 11.9. The van der Waals surface area contributed by atoms with Gasteiger partial charge in [-0.25, -0.2) is 4.39 Å². The van der Waals surface area contributed by atoms with Crippen molar-refractivity contribution in [2.75, 3.05) is 33.4 Å². The second kappa shape index (κ2) is 9.28. The summed E-state index contributed by atoms with van der Waals surface area (Å²) in [6, 6.07) is 4.25. The van der Waals surface area contributed by atoms with E-state index in [1.54, 1.807) is 7.11 Å². The lowest BCUT2D eigenvalue weighted by Gasteiger charge is -2.12. The molecule has 1 amide bonds. The van der Waals surface area contributed by atoms with Crippen LogP contribution in [0.2, 0.25) is 0 Å². The maximum absolute atomic E-state index is 13.2. The molecular formula is C14H21FN2O3. The average Bonchev–Trinajstić information content (AvgIpc) is 2.44. The largest absolute Gasteiger partial charge is 0.483 e. The molecule has 0 atom stereocenters. The third kappa shape index (κ3) is 5.99. The predicted octanol–water partition coefficient (Wildman–Crippen LogP) is 1.08. The Morgan fingerprint density at radius 2 is 2.20 bits per heavy atom. The number of hydrogen-bond acceptors (Lipinski definition) is 4. The van der Waals surface area contributed by atoms with Crippen molar-refractivity contribution in [1.82, 2.24) is 10.6 Å². The number of halogens is 1. The van der Waals surface area contributed by atoms with Crippen LogP contribution in [0.3, 0.4) is 0 Å². The lowest BCUT2D eigenvalue weighted by Crippen LogP contribution is -2.31. The third-order valence-corrected chi connectivity index (χ3v) is 2.58. The van der Waals surface area contributed by atoms with Crippen LogP contribution in [0.25, 0.3) is 0 Å². The highest BCUT2D eigenvalue weighted by Crippen LogP contribution is 2.19. The molecule has 0 heterocycles. The van der Waals surface area contributed by atoms with Crippen molar-refractivity contribution in [3.05, 3.63) is 29.6 Å². The number of carbonyl (C=O) groups is 1. The molecule has 0 saturated heterocycles. The van der Waals surface area contributed by atoms with Gasteiger partial charge in [-0.2, -0.15) is 0 Å². The van der Waals surface area contributed by atoms with Gasteiger partial charge in [-0.3, -0.25) is 4.79 Å². The molecule has 0 bridgehead atoms. The third-order valence-electron chi connectivity index (χ3n) is 2.58. The van der Waals surface area contributed by atoms with Crippen LogP contribution in [0.15, 0.2) is 18.2 Å². The molecule has 0 aliphatic heterocycles. The van der Waals surface area contributed by atoms with E-state index in [2.05, 4.69) is 10.6 Å². The Morgan fingerprint density at radius 3 is 2.90 bits per heavy atom. The molecule has 112 valence electrons. The Bertz CT molecular complexity index is 427. The van der Waals surface area contributed by atoms with E-state index in [9.17, 15) is 9.18 Å². The van der Waals surface area contributed by atoms with Crippen LogP contribution in [0.1, 0.15) is 12.5 Å². The van der Waals surface area contributed by atoms with Gasteiger partial charge in [0.15, 0.2) is 6.61 Å². The monoisotopic (exact) mass is 284 g/mol. The molecule has 0 fully saturated rings. The van der Waals surface area contributed by atoms with E-state index in [0.29, 0.717) is 31.0 Å². The van der Waals surface area contributed by atoms with Gasteiger partial charge < -0.3 is 20.1 Å². The van der Waals surface area contributed by atoms with Crippen LogP contribution in [-0.4, -0.2) is 39.3 Å². The van der Waals surface area contributed by atoms with Crippen molar-refractivity contribution in [3.8, 4) is 5.75 Å². The molecule has 0 radical (unpaired) electrons. The van der Waals surface area contributed by atoms with E-state index in [1.165, 1.54) is 18.2 Å². The van der Waals surface area contributed by atoms with Crippen LogP contribution >= 0.6 is 0 Å². The Balaban J connectivity index is 2.51. The summed E-state index contributed by atoms with van der Waals surface area (Å²) in [6.07, 6.45) is 0. The number of amides is 1. The van der Waals surface area contributed by atoms with Gasteiger partial charge in [0.1, 0.15) is 11.6 Å². The topological polar surface area (TPSA) is 59.6 Å². The summed E-state index contributed by atoms with van der Waals surface area (Å²) in [6.45, 7) is 4.01. The molecule has 2 N–H and O–H groups in total. The molecule has 20 heavy (non-hydrogen) atoms. The normalized spacial score (nSPS) is 10.3. The average molecular weight is 284 g/mol. The van der Waals surface area contributed by atoms with Gasteiger partial charge >= 0.3 is 0 Å². The highest BCUT2D eigenvalue weighted by atomic mass is 19.1. The Labute approximate surface area is 118 Å². The number of carbonyl (C=O) groups excluding carboxylic acids is 1. The van der Waals surface area contributed by atoms with Gasteiger partial charge in [0, 0.05) is 25.8 Å². The standard InChI is InChI=1S/C14H21FN2O3/c1-3-16-9-11-8-12(15)4-5-13(11)20-10-14(18)17-6-7-19-2/h4-5,8,16H,3,6-7,9-10H2,1-2H3,(H,17,18). The van der Waals surface area contributed by atoms with Gasteiger partial charge in [0.25, 0.3) is 5.91 Å². The van der Waals surface area contributed by atoms with E-state index in [4.69, 9.17) is 9.47 Å². The molecule has 0 aliphatic rings. The SMILES string of the molecule is CCNCc1cc(F)ccc1OCC(=O)NCCOC. The lowest BCUT2D eigenvalue weighted by atomic mass is 10.2. The Kier molecular flexibility index (Phi) is 7.60. The molecule has 1 rings (SSSR count). The second-order valence-corrected chi connectivity index (χ2v) is 4.16. The molecule has 0 spiro atoms. The number of ether oxygens (including phenoxy) is 2. The fourth-order valence-corrected chi connectivity index (χ4v) is 1.57. The van der Waals surface area contributed by atoms with Crippen LogP contribution in [0.5, 0.6) is 5.75 Å². The van der Waals surface area contributed by atoms with E-state index in [1.807, 2.05) is 6.92 Å². The van der Waals surface area contributed by atoms with E-state index in [0.717, 1.165) is 6.54 Å². The van der Waals surface area contributed by atoms with E-state index < -0.39 is 0 Å². The minimum atomic E-state index is -0.324. The number of rotatable bonds is 9. The minimum absolute atomic E-state index is 0.103. The minimum Gasteiger partial charge on any atom is -0.483 e. The summed E-state index contributed by atoms with van der Waals surface area (Å²) in [5.74, 6) is -0.0511. The first-order chi connectivity index (χ1) is 9.67. The summed E-state index contributed by atoms with van der Waals surface area (Å²) in [4.78, 5) is 11.5. The number of methoxy groups -OCH3 is 1. The molecule has 0 aliphatic carbocycles. The van der Waals surface area contributed by atoms with Gasteiger partial charge in [-0.1, -0.05) is 6.92 Å². The van der Waals surface area contributed by atoms with Crippen molar-refractivity contribution >= 4 is 5.91 Å². The van der Waals surface area contributed by atoms with Gasteiger partial charge in [-0.05, 0) is 24.7 Å². The fraction of sp³-hybridized carbons (Fsp3) is 0.500.